The Kier molecular flexibility index (Phi) is 6.07. The summed E-state index contributed by atoms with van der Waals surface area (Å²) >= 11 is 1.64. The number of ketones is 1. The SMILES string of the molecule is COc1ccc([C@H](CC(=O)c2ccco2)SCc2ccco2)cc1OC. The topological polar surface area (TPSA) is 61.8 Å². The number of thioether (sulfide) groups is 1. The van der Waals surface area contributed by atoms with E-state index in [-0.39, 0.29) is 11.0 Å². The molecule has 0 bridgehead atoms. The number of methoxy groups -OCH3 is 2. The van der Waals surface area contributed by atoms with Gasteiger partial charge in [0.2, 0.25) is 0 Å². The van der Waals surface area contributed by atoms with E-state index >= 15 is 0 Å². The highest BCUT2D eigenvalue weighted by atomic mass is 32.2. The normalized spacial score (nSPS) is 11.9. The Balaban J connectivity index is 1.82. The van der Waals surface area contributed by atoms with Crippen LogP contribution in [0.25, 0.3) is 0 Å². The lowest BCUT2D eigenvalue weighted by atomic mass is 10.1. The molecule has 2 aromatic heterocycles. The highest BCUT2D eigenvalue weighted by molar-refractivity contribution is 7.98. The molecule has 3 aromatic rings. The van der Waals surface area contributed by atoms with E-state index in [9.17, 15) is 4.79 Å². The van der Waals surface area contributed by atoms with Crippen molar-refractivity contribution in [2.75, 3.05) is 14.2 Å². The predicted molar refractivity (Wildman–Crippen MR) is 99.9 cm³/mol. The number of carbonyl (C=O) groups excluding carboxylic acids is 1. The van der Waals surface area contributed by atoms with E-state index in [4.69, 9.17) is 18.3 Å². The molecule has 0 N–H and O–H groups in total. The molecule has 0 saturated carbocycles. The molecule has 0 aliphatic rings. The Bertz CT molecular complexity index is 824. The molecule has 0 saturated heterocycles. The summed E-state index contributed by atoms with van der Waals surface area (Å²) in [6.45, 7) is 0. The van der Waals surface area contributed by atoms with E-state index in [1.54, 1.807) is 44.4 Å². The molecular weight excluding hydrogens is 352 g/mol. The second-order valence-corrected chi connectivity index (χ2v) is 6.79. The van der Waals surface area contributed by atoms with Gasteiger partial charge in [0, 0.05) is 11.7 Å². The average Bonchev–Trinajstić information content (AvgIpc) is 3.38. The number of ether oxygens (including phenoxy) is 2. The summed E-state index contributed by atoms with van der Waals surface area (Å²) in [5.41, 5.74) is 0.985. The van der Waals surface area contributed by atoms with Gasteiger partial charge in [0.15, 0.2) is 23.0 Å². The second-order valence-electron chi connectivity index (χ2n) is 5.60. The van der Waals surface area contributed by atoms with E-state index < -0.39 is 0 Å². The van der Waals surface area contributed by atoms with E-state index in [0.717, 1.165) is 11.3 Å². The van der Waals surface area contributed by atoms with Crippen LogP contribution in [0.15, 0.2) is 63.8 Å². The molecule has 1 aromatic carbocycles. The maximum atomic E-state index is 12.5. The summed E-state index contributed by atoms with van der Waals surface area (Å²) in [6, 6.07) is 12.9. The van der Waals surface area contributed by atoms with Crippen molar-refractivity contribution in [3.8, 4) is 11.5 Å². The summed E-state index contributed by atoms with van der Waals surface area (Å²) in [5, 5.41) is -0.0718. The number of benzene rings is 1. The number of hydrogen-bond donors (Lipinski definition) is 0. The molecule has 6 heteroatoms. The van der Waals surface area contributed by atoms with E-state index in [2.05, 4.69) is 0 Å². The molecule has 5 nitrogen and oxygen atoms in total. The fourth-order valence-electron chi connectivity index (χ4n) is 2.61. The van der Waals surface area contributed by atoms with Crippen LogP contribution in [-0.2, 0) is 5.75 Å². The molecule has 0 amide bonds. The summed E-state index contributed by atoms with van der Waals surface area (Å²) < 4.78 is 21.4. The smallest absolute Gasteiger partial charge is 0.199 e. The minimum Gasteiger partial charge on any atom is -0.493 e. The van der Waals surface area contributed by atoms with E-state index in [1.165, 1.54) is 6.26 Å². The van der Waals surface area contributed by atoms with Crippen molar-refractivity contribution >= 4 is 17.5 Å². The fraction of sp³-hybridized carbons (Fsp3) is 0.250. The summed E-state index contributed by atoms with van der Waals surface area (Å²) in [6.07, 6.45) is 3.47. The van der Waals surface area contributed by atoms with Crippen LogP contribution in [0.4, 0.5) is 0 Å². The van der Waals surface area contributed by atoms with Crippen LogP contribution >= 0.6 is 11.8 Å². The van der Waals surface area contributed by atoms with Crippen LogP contribution < -0.4 is 9.47 Å². The molecule has 0 aliphatic carbocycles. The van der Waals surface area contributed by atoms with Crippen molar-refractivity contribution in [2.45, 2.75) is 17.4 Å². The number of furan rings is 2. The highest BCUT2D eigenvalue weighted by Gasteiger charge is 2.21. The van der Waals surface area contributed by atoms with Crippen LogP contribution in [0.3, 0.4) is 0 Å². The standard InChI is InChI=1S/C20H20O5S/c1-22-18-8-7-14(11-19(18)23-2)20(26-13-15-5-3-9-24-15)12-16(21)17-6-4-10-25-17/h3-11,20H,12-13H2,1-2H3/t20-/m0/s1. The quantitative estimate of drug-likeness (QED) is 0.485. The molecule has 0 radical (unpaired) electrons. The lowest BCUT2D eigenvalue weighted by molar-refractivity contribution is 0.0955. The van der Waals surface area contributed by atoms with E-state index in [0.29, 0.717) is 29.4 Å². The van der Waals surface area contributed by atoms with Gasteiger partial charge in [-0.1, -0.05) is 6.07 Å². The van der Waals surface area contributed by atoms with Crippen molar-refractivity contribution in [3.05, 3.63) is 72.1 Å². The number of Topliss-reactive ketones (excluding diaryl/α,β-unsaturated/α-hetero) is 1. The minimum atomic E-state index is -0.0718. The number of carbonyl (C=O) groups is 1. The lowest BCUT2D eigenvalue weighted by Crippen LogP contribution is -2.05. The lowest BCUT2D eigenvalue weighted by Gasteiger charge is -2.17. The molecule has 136 valence electrons. The largest absolute Gasteiger partial charge is 0.493 e. The van der Waals surface area contributed by atoms with Gasteiger partial charge in [-0.2, -0.15) is 0 Å². The molecule has 0 fully saturated rings. The van der Waals surface area contributed by atoms with Gasteiger partial charge < -0.3 is 18.3 Å². The van der Waals surface area contributed by atoms with Crippen LogP contribution in [-0.4, -0.2) is 20.0 Å². The second kappa shape index (κ2) is 8.67. The minimum absolute atomic E-state index is 0.0401. The summed E-state index contributed by atoms with van der Waals surface area (Å²) in [5.74, 6) is 3.15. The van der Waals surface area contributed by atoms with Gasteiger partial charge in [-0.25, -0.2) is 0 Å². The monoisotopic (exact) mass is 372 g/mol. The van der Waals surface area contributed by atoms with Crippen LogP contribution in [0.1, 0.15) is 33.5 Å². The predicted octanol–water partition coefficient (Wildman–Crippen LogP) is 5.14. The average molecular weight is 372 g/mol. The Morgan fingerprint density at radius 2 is 1.81 bits per heavy atom. The first-order valence-electron chi connectivity index (χ1n) is 8.14. The summed E-state index contributed by atoms with van der Waals surface area (Å²) in [7, 11) is 3.20. The first kappa shape index (κ1) is 18.2. The Morgan fingerprint density at radius 1 is 1.04 bits per heavy atom. The van der Waals surface area contributed by atoms with Gasteiger partial charge in [0.25, 0.3) is 0 Å². The van der Waals surface area contributed by atoms with Crippen molar-refractivity contribution in [1.82, 2.24) is 0 Å². The molecule has 0 aliphatic heterocycles. The van der Waals surface area contributed by atoms with E-state index in [1.807, 2.05) is 30.3 Å². The first-order chi connectivity index (χ1) is 12.7. The zero-order valence-corrected chi connectivity index (χ0v) is 15.5. The molecule has 3 rings (SSSR count). The maximum absolute atomic E-state index is 12.5. The van der Waals surface area contributed by atoms with Crippen molar-refractivity contribution in [3.63, 3.8) is 0 Å². The molecule has 1 atom stereocenters. The third-order valence-electron chi connectivity index (χ3n) is 3.95. The van der Waals surface area contributed by atoms with Gasteiger partial charge >= 0.3 is 0 Å². The van der Waals surface area contributed by atoms with Crippen LogP contribution in [0, 0.1) is 0 Å². The first-order valence-corrected chi connectivity index (χ1v) is 9.18. The Hall–Kier alpha value is -2.60. The van der Waals surface area contributed by atoms with Gasteiger partial charge in [0.1, 0.15) is 5.76 Å². The number of rotatable bonds is 9. The fourth-order valence-corrected chi connectivity index (χ4v) is 3.75. The molecule has 0 spiro atoms. The molecule has 26 heavy (non-hydrogen) atoms. The zero-order chi connectivity index (χ0) is 18.4. The third-order valence-corrected chi connectivity index (χ3v) is 5.25. The van der Waals surface area contributed by atoms with Crippen molar-refractivity contribution in [2.24, 2.45) is 0 Å². The third kappa shape index (κ3) is 4.32. The maximum Gasteiger partial charge on any atom is 0.199 e. The zero-order valence-electron chi connectivity index (χ0n) is 14.6. The summed E-state index contributed by atoms with van der Waals surface area (Å²) in [4.78, 5) is 12.5. The van der Waals surface area contributed by atoms with Gasteiger partial charge in [-0.05, 0) is 42.0 Å². The van der Waals surface area contributed by atoms with Crippen LogP contribution in [0.2, 0.25) is 0 Å². The molecule has 0 unspecified atom stereocenters. The van der Waals surface area contributed by atoms with Gasteiger partial charge in [-0.3, -0.25) is 4.79 Å². The Labute approximate surface area is 156 Å². The van der Waals surface area contributed by atoms with Crippen LogP contribution in [0.5, 0.6) is 11.5 Å². The van der Waals surface area contributed by atoms with Crippen molar-refractivity contribution in [1.29, 1.82) is 0 Å². The van der Waals surface area contributed by atoms with Crippen molar-refractivity contribution < 1.29 is 23.1 Å². The molecular formula is C20H20O5S. The van der Waals surface area contributed by atoms with Gasteiger partial charge in [-0.15, -0.1) is 11.8 Å². The van der Waals surface area contributed by atoms with Gasteiger partial charge in [0.05, 0.1) is 32.5 Å². The Morgan fingerprint density at radius 3 is 2.46 bits per heavy atom. The molecule has 2 heterocycles. The highest BCUT2D eigenvalue weighted by Crippen LogP contribution is 2.39. The number of hydrogen-bond acceptors (Lipinski definition) is 6.